The Hall–Kier alpha value is -3.34. The van der Waals surface area contributed by atoms with Crippen LogP contribution in [0.15, 0.2) is 54.6 Å². The molecule has 0 spiro atoms. The van der Waals surface area contributed by atoms with Gasteiger partial charge in [-0.15, -0.1) is 0 Å². The third-order valence-corrected chi connectivity index (χ3v) is 5.74. The highest BCUT2D eigenvalue weighted by atomic mass is 16.5. The normalized spacial score (nSPS) is 13.9. The second-order valence-corrected chi connectivity index (χ2v) is 7.64. The van der Waals surface area contributed by atoms with Crippen molar-refractivity contribution in [2.24, 2.45) is 0 Å². The maximum absolute atomic E-state index is 12.9. The van der Waals surface area contributed by atoms with Crippen molar-refractivity contribution >= 4 is 28.2 Å². The summed E-state index contributed by atoms with van der Waals surface area (Å²) in [6.07, 6.45) is 3.39. The average molecular weight is 402 g/mol. The van der Waals surface area contributed by atoms with Gasteiger partial charge in [0.2, 0.25) is 5.91 Å². The molecule has 5 heteroatoms. The van der Waals surface area contributed by atoms with Crippen molar-refractivity contribution < 1.29 is 14.3 Å². The smallest absolute Gasteiger partial charge is 0.223 e. The van der Waals surface area contributed by atoms with Gasteiger partial charge in [0.15, 0.2) is 5.78 Å². The number of amides is 1. The van der Waals surface area contributed by atoms with Crippen LogP contribution in [0.2, 0.25) is 0 Å². The van der Waals surface area contributed by atoms with Gasteiger partial charge in [-0.3, -0.25) is 9.59 Å². The van der Waals surface area contributed by atoms with E-state index < -0.39 is 0 Å². The molecule has 1 N–H and O–H groups in total. The summed E-state index contributed by atoms with van der Waals surface area (Å²) < 4.78 is 5.29. The number of hydrogen-bond acceptors (Lipinski definition) is 3. The fraction of sp³-hybridized carbons (Fsp3) is 0.280. The van der Waals surface area contributed by atoms with E-state index in [1.807, 2.05) is 48.2 Å². The second-order valence-electron chi connectivity index (χ2n) is 7.64. The zero-order valence-electron chi connectivity index (χ0n) is 17.4. The number of Topliss-reactive ketones (excluding diaryl/α,β-unsaturated/α-hetero) is 1. The average Bonchev–Trinajstić information content (AvgIpc) is 3.12. The standard InChI is InChI=1S/C25H26N2O3/c1-17-25(21-16-20(30-2)8-9-22(21)26-17)23(28)10-11-24(29)27-14-12-19(13-15-27)18-6-4-3-5-7-18/h3-9,12,16,26H,10-11,13-15H2,1-2H3. The molecule has 0 radical (unpaired) electrons. The molecular weight excluding hydrogens is 376 g/mol. The molecule has 0 bridgehead atoms. The number of carbonyl (C=O) groups is 2. The van der Waals surface area contributed by atoms with E-state index in [0.717, 1.165) is 23.0 Å². The van der Waals surface area contributed by atoms with Crippen molar-refractivity contribution in [2.45, 2.75) is 26.2 Å². The molecule has 4 rings (SSSR count). The number of aromatic nitrogens is 1. The zero-order valence-corrected chi connectivity index (χ0v) is 17.4. The quantitative estimate of drug-likeness (QED) is 0.605. The van der Waals surface area contributed by atoms with Gasteiger partial charge in [0.05, 0.1) is 7.11 Å². The van der Waals surface area contributed by atoms with Gasteiger partial charge in [-0.25, -0.2) is 0 Å². The van der Waals surface area contributed by atoms with Gasteiger partial charge in [0, 0.05) is 48.1 Å². The summed E-state index contributed by atoms with van der Waals surface area (Å²) in [5.74, 6) is 0.723. The summed E-state index contributed by atoms with van der Waals surface area (Å²) in [4.78, 5) is 30.7. The maximum Gasteiger partial charge on any atom is 0.223 e. The highest BCUT2D eigenvalue weighted by Gasteiger charge is 2.21. The number of carbonyl (C=O) groups excluding carboxylic acids is 2. The van der Waals surface area contributed by atoms with Gasteiger partial charge in [0.25, 0.3) is 0 Å². The Labute approximate surface area is 176 Å². The SMILES string of the molecule is COc1ccc2[nH]c(C)c(C(=O)CCC(=O)N3CC=C(c4ccccc4)CC3)c2c1. The number of benzene rings is 2. The molecule has 5 nitrogen and oxygen atoms in total. The van der Waals surface area contributed by atoms with E-state index >= 15 is 0 Å². The number of nitrogens with one attached hydrogen (secondary N) is 1. The highest BCUT2D eigenvalue weighted by molar-refractivity contribution is 6.10. The molecule has 1 amide bonds. The predicted molar refractivity (Wildman–Crippen MR) is 119 cm³/mol. The summed E-state index contributed by atoms with van der Waals surface area (Å²) >= 11 is 0. The fourth-order valence-corrected chi connectivity index (χ4v) is 4.11. The fourth-order valence-electron chi connectivity index (χ4n) is 4.11. The van der Waals surface area contributed by atoms with E-state index in [0.29, 0.717) is 24.4 Å². The molecule has 0 unspecified atom stereocenters. The first kappa shape index (κ1) is 20.0. The predicted octanol–water partition coefficient (Wildman–Crippen LogP) is 4.76. The zero-order chi connectivity index (χ0) is 21.1. The summed E-state index contributed by atoms with van der Waals surface area (Å²) in [6.45, 7) is 3.18. The molecule has 30 heavy (non-hydrogen) atoms. The van der Waals surface area contributed by atoms with E-state index in [2.05, 4.69) is 23.2 Å². The molecule has 0 saturated heterocycles. The third kappa shape index (κ3) is 4.01. The minimum Gasteiger partial charge on any atom is -0.497 e. The van der Waals surface area contributed by atoms with Crippen molar-refractivity contribution in [1.29, 1.82) is 0 Å². The van der Waals surface area contributed by atoms with Gasteiger partial charge in [-0.05, 0) is 42.7 Å². The number of fused-ring (bicyclic) bond motifs is 1. The number of ketones is 1. The van der Waals surface area contributed by atoms with E-state index in [4.69, 9.17) is 4.74 Å². The molecule has 3 aromatic rings. The Kier molecular flexibility index (Phi) is 5.70. The molecular formula is C25H26N2O3. The second kappa shape index (κ2) is 8.57. The third-order valence-electron chi connectivity index (χ3n) is 5.74. The number of hydrogen-bond donors (Lipinski definition) is 1. The first-order valence-corrected chi connectivity index (χ1v) is 10.3. The molecule has 1 aliphatic rings. The van der Waals surface area contributed by atoms with Gasteiger partial charge >= 0.3 is 0 Å². The summed E-state index contributed by atoms with van der Waals surface area (Å²) in [5.41, 5.74) is 4.87. The molecule has 2 heterocycles. The van der Waals surface area contributed by atoms with Crippen molar-refractivity contribution in [1.82, 2.24) is 9.88 Å². The van der Waals surface area contributed by atoms with Gasteiger partial charge in [-0.2, -0.15) is 0 Å². The Bertz CT molecular complexity index is 1110. The number of methoxy groups -OCH3 is 1. The minimum atomic E-state index is -0.0159. The Morgan fingerprint density at radius 2 is 1.90 bits per heavy atom. The summed E-state index contributed by atoms with van der Waals surface area (Å²) in [5, 5.41) is 0.845. The van der Waals surface area contributed by atoms with Crippen molar-refractivity contribution in [3.63, 3.8) is 0 Å². The lowest BCUT2D eigenvalue weighted by atomic mass is 9.99. The van der Waals surface area contributed by atoms with Crippen molar-refractivity contribution in [3.05, 3.63) is 71.4 Å². The first-order chi connectivity index (χ1) is 14.6. The molecule has 0 saturated carbocycles. The number of rotatable bonds is 6. The molecule has 0 atom stereocenters. The molecule has 1 aromatic heterocycles. The first-order valence-electron chi connectivity index (χ1n) is 10.3. The monoisotopic (exact) mass is 402 g/mol. The van der Waals surface area contributed by atoms with Crippen LogP contribution in [0, 0.1) is 6.92 Å². The number of ether oxygens (including phenoxy) is 1. The molecule has 0 aliphatic carbocycles. The van der Waals surface area contributed by atoms with Gasteiger partial charge in [-0.1, -0.05) is 36.4 Å². The topological polar surface area (TPSA) is 62.4 Å². The van der Waals surface area contributed by atoms with Crippen LogP contribution in [0.3, 0.4) is 0 Å². The Morgan fingerprint density at radius 3 is 2.60 bits per heavy atom. The van der Waals surface area contributed by atoms with Crippen LogP contribution in [-0.2, 0) is 4.79 Å². The van der Waals surface area contributed by atoms with Crippen LogP contribution in [-0.4, -0.2) is 41.8 Å². The van der Waals surface area contributed by atoms with Crippen LogP contribution in [0.25, 0.3) is 16.5 Å². The van der Waals surface area contributed by atoms with Crippen LogP contribution in [0.1, 0.15) is 40.9 Å². The van der Waals surface area contributed by atoms with Crippen LogP contribution in [0.4, 0.5) is 0 Å². The largest absolute Gasteiger partial charge is 0.497 e. The maximum atomic E-state index is 12.9. The van der Waals surface area contributed by atoms with E-state index in [9.17, 15) is 9.59 Å². The number of aromatic amines is 1. The van der Waals surface area contributed by atoms with Gasteiger partial charge in [0.1, 0.15) is 5.75 Å². The van der Waals surface area contributed by atoms with Crippen molar-refractivity contribution in [3.8, 4) is 5.75 Å². The van der Waals surface area contributed by atoms with Crippen LogP contribution < -0.4 is 4.74 Å². The lowest BCUT2D eigenvalue weighted by molar-refractivity contribution is -0.130. The van der Waals surface area contributed by atoms with E-state index in [1.54, 1.807) is 7.11 Å². The van der Waals surface area contributed by atoms with Gasteiger partial charge < -0.3 is 14.6 Å². The van der Waals surface area contributed by atoms with E-state index in [-0.39, 0.29) is 24.5 Å². The Morgan fingerprint density at radius 1 is 1.10 bits per heavy atom. The molecule has 2 aromatic carbocycles. The minimum absolute atomic E-state index is 0.0159. The summed E-state index contributed by atoms with van der Waals surface area (Å²) in [6, 6.07) is 15.9. The summed E-state index contributed by atoms with van der Waals surface area (Å²) in [7, 11) is 1.61. The Balaban J connectivity index is 1.40. The van der Waals surface area contributed by atoms with Crippen molar-refractivity contribution in [2.75, 3.05) is 20.2 Å². The molecule has 1 aliphatic heterocycles. The lowest BCUT2D eigenvalue weighted by Gasteiger charge is -2.26. The molecule has 0 fully saturated rings. The number of nitrogens with zero attached hydrogens (tertiary/aromatic N) is 1. The highest BCUT2D eigenvalue weighted by Crippen LogP contribution is 2.28. The number of aryl methyl sites for hydroxylation is 1. The number of H-pyrrole nitrogens is 1. The van der Waals surface area contributed by atoms with Crippen LogP contribution >= 0.6 is 0 Å². The molecule has 154 valence electrons. The van der Waals surface area contributed by atoms with E-state index in [1.165, 1.54) is 11.1 Å². The lowest BCUT2D eigenvalue weighted by Crippen LogP contribution is -2.34. The van der Waals surface area contributed by atoms with Crippen LogP contribution in [0.5, 0.6) is 5.75 Å².